The molecular formula is C17H20F3N3O. The summed E-state index contributed by atoms with van der Waals surface area (Å²) in [5.41, 5.74) is 0.0342. The van der Waals surface area contributed by atoms with E-state index in [1.807, 2.05) is 45.0 Å². The fraction of sp³-hybridized carbons (Fsp3) is 0.412. The second-order valence-corrected chi connectivity index (χ2v) is 6.50. The van der Waals surface area contributed by atoms with Crippen LogP contribution in [0.25, 0.3) is 0 Å². The summed E-state index contributed by atoms with van der Waals surface area (Å²) in [6.45, 7) is 6.02. The van der Waals surface area contributed by atoms with Crippen LogP contribution in [0.15, 0.2) is 30.5 Å². The third kappa shape index (κ3) is 3.96. The molecule has 0 bridgehead atoms. The van der Waals surface area contributed by atoms with Gasteiger partial charge in [0, 0.05) is 25.2 Å². The molecule has 24 heavy (non-hydrogen) atoms. The molecular weight excluding hydrogens is 319 g/mol. The summed E-state index contributed by atoms with van der Waals surface area (Å²) in [6.07, 6.45) is -3.59. The van der Waals surface area contributed by atoms with E-state index in [1.165, 1.54) is 7.05 Å². The second-order valence-electron chi connectivity index (χ2n) is 6.50. The Labute approximate surface area is 138 Å². The summed E-state index contributed by atoms with van der Waals surface area (Å²) in [5.74, 6) is -0.781. The number of alkyl halides is 3. The summed E-state index contributed by atoms with van der Waals surface area (Å²) < 4.78 is 39.8. The number of halogens is 3. The van der Waals surface area contributed by atoms with Gasteiger partial charge in [0.2, 0.25) is 0 Å². The smallest absolute Gasteiger partial charge is 0.351 e. The molecule has 0 atom stereocenters. The molecule has 0 saturated heterocycles. The average Bonchev–Trinajstić information content (AvgIpc) is 2.87. The number of carbonyl (C=O) groups is 1. The highest BCUT2D eigenvalue weighted by Gasteiger charge is 2.39. The molecule has 0 unspecified atom stereocenters. The summed E-state index contributed by atoms with van der Waals surface area (Å²) in [5, 5.41) is 5.94. The van der Waals surface area contributed by atoms with E-state index in [4.69, 9.17) is 0 Å². The van der Waals surface area contributed by atoms with Crippen molar-refractivity contribution in [2.24, 2.45) is 7.05 Å². The first kappa shape index (κ1) is 18.0. The number of aryl methyl sites for hydroxylation is 2. The van der Waals surface area contributed by atoms with Gasteiger partial charge in [-0.1, -0.05) is 43.7 Å². The number of carbonyl (C=O) groups excluding carboxylic acids is 1. The van der Waals surface area contributed by atoms with Crippen LogP contribution < -0.4 is 5.32 Å². The summed E-state index contributed by atoms with van der Waals surface area (Å²) >= 11 is 0. The minimum Gasteiger partial charge on any atom is -0.351 e. The predicted molar refractivity (Wildman–Crippen MR) is 84.7 cm³/mol. The minimum atomic E-state index is -4.67. The number of benzene rings is 1. The zero-order valence-corrected chi connectivity index (χ0v) is 14.0. The molecule has 2 aromatic rings. The van der Waals surface area contributed by atoms with Gasteiger partial charge in [0.15, 0.2) is 5.69 Å². The highest BCUT2D eigenvalue weighted by atomic mass is 19.4. The number of hydrogen-bond acceptors (Lipinski definition) is 2. The lowest BCUT2D eigenvalue weighted by Crippen LogP contribution is -2.37. The van der Waals surface area contributed by atoms with Gasteiger partial charge in [-0.3, -0.25) is 9.48 Å². The molecule has 1 N–H and O–H groups in total. The Morgan fingerprint density at radius 3 is 2.54 bits per heavy atom. The number of aromatic nitrogens is 2. The van der Waals surface area contributed by atoms with Crippen LogP contribution >= 0.6 is 0 Å². The molecule has 7 heteroatoms. The average molecular weight is 339 g/mol. The maximum atomic E-state index is 12.9. The van der Waals surface area contributed by atoms with Crippen molar-refractivity contribution in [2.45, 2.75) is 32.4 Å². The Morgan fingerprint density at radius 2 is 1.96 bits per heavy atom. The van der Waals surface area contributed by atoms with Gasteiger partial charge in [0.25, 0.3) is 5.91 Å². The molecule has 0 saturated carbocycles. The topological polar surface area (TPSA) is 46.9 Å². The van der Waals surface area contributed by atoms with Crippen molar-refractivity contribution in [2.75, 3.05) is 6.54 Å². The van der Waals surface area contributed by atoms with E-state index in [0.29, 0.717) is 0 Å². The SMILES string of the molecule is Cc1cccc(C(C)(C)CNC(=O)c2cn(C)nc2C(F)(F)F)c1. The van der Waals surface area contributed by atoms with Gasteiger partial charge in [0.1, 0.15) is 0 Å². The number of amides is 1. The largest absolute Gasteiger partial charge is 0.435 e. The van der Waals surface area contributed by atoms with E-state index < -0.39 is 28.8 Å². The molecule has 0 spiro atoms. The van der Waals surface area contributed by atoms with E-state index in [9.17, 15) is 18.0 Å². The van der Waals surface area contributed by atoms with E-state index in [1.54, 1.807) is 0 Å². The summed E-state index contributed by atoms with van der Waals surface area (Å²) in [6, 6.07) is 7.81. The molecule has 130 valence electrons. The van der Waals surface area contributed by atoms with Crippen molar-refractivity contribution in [3.05, 3.63) is 52.8 Å². The summed E-state index contributed by atoms with van der Waals surface area (Å²) in [7, 11) is 1.35. The molecule has 1 heterocycles. The van der Waals surface area contributed by atoms with Crippen molar-refractivity contribution in [1.82, 2.24) is 15.1 Å². The van der Waals surface area contributed by atoms with Crippen LogP contribution in [0, 0.1) is 6.92 Å². The molecule has 1 aromatic heterocycles. The highest BCUT2D eigenvalue weighted by Crippen LogP contribution is 2.30. The van der Waals surface area contributed by atoms with Crippen molar-refractivity contribution in [1.29, 1.82) is 0 Å². The molecule has 1 aromatic carbocycles. The van der Waals surface area contributed by atoms with E-state index in [-0.39, 0.29) is 6.54 Å². The Bertz CT molecular complexity index is 748. The molecule has 0 aliphatic rings. The first-order valence-electron chi connectivity index (χ1n) is 7.47. The Hall–Kier alpha value is -2.31. The van der Waals surface area contributed by atoms with Crippen LogP contribution in [0.1, 0.15) is 41.0 Å². The Balaban J connectivity index is 2.16. The first-order valence-corrected chi connectivity index (χ1v) is 7.47. The van der Waals surface area contributed by atoms with Crippen LogP contribution in [0.5, 0.6) is 0 Å². The second kappa shape index (κ2) is 6.30. The van der Waals surface area contributed by atoms with Gasteiger partial charge >= 0.3 is 6.18 Å². The van der Waals surface area contributed by atoms with Gasteiger partial charge in [0.05, 0.1) is 5.56 Å². The maximum Gasteiger partial charge on any atom is 0.435 e. The number of rotatable bonds is 4. The van der Waals surface area contributed by atoms with Gasteiger partial charge in [-0.25, -0.2) is 0 Å². The highest BCUT2D eigenvalue weighted by molar-refractivity contribution is 5.95. The van der Waals surface area contributed by atoms with E-state index in [0.717, 1.165) is 22.0 Å². The maximum absolute atomic E-state index is 12.9. The van der Waals surface area contributed by atoms with Crippen LogP contribution in [0.3, 0.4) is 0 Å². The van der Waals surface area contributed by atoms with E-state index in [2.05, 4.69) is 10.4 Å². The van der Waals surface area contributed by atoms with Crippen molar-refractivity contribution in [3.8, 4) is 0 Å². The minimum absolute atomic E-state index is 0.210. The van der Waals surface area contributed by atoms with Crippen molar-refractivity contribution < 1.29 is 18.0 Å². The van der Waals surface area contributed by atoms with Gasteiger partial charge in [-0.15, -0.1) is 0 Å². The number of hydrogen-bond donors (Lipinski definition) is 1. The molecule has 0 fully saturated rings. The Morgan fingerprint density at radius 1 is 1.29 bits per heavy atom. The third-order valence-electron chi connectivity index (χ3n) is 3.83. The molecule has 2 rings (SSSR count). The Kier molecular flexibility index (Phi) is 4.73. The third-order valence-corrected chi connectivity index (χ3v) is 3.83. The van der Waals surface area contributed by atoms with Crippen LogP contribution in [0.4, 0.5) is 13.2 Å². The van der Waals surface area contributed by atoms with Gasteiger partial charge in [-0.2, -0.15) is 18.3 Å². The lowest BCUT2D eigenvalue weighted by atomic mass is 9.84. The predicted octanol–water partition coefficient (Wildman–Crippen LogP) is 3.45. The van der Waals surface area contributed by atoms with Crippen molar-refractivity contribution >= 4 is 5.91 Å². The number of nitrogens with one attached hydrogen (secondary N) is 1. The monoisotopic (exact) mass is 339 g/mol. The number of nitrogens with zero attached hydrogens (tertiary/aromatic N) is 2. The van der Waals surface area contributed by atoms with E-state index >= 15 is 0 Å². The zero-order chi connectivity index (χ0) is 18.1. The van der Waals surface area contributed by atoms with Crippen LogP contribution in [-0.2, 0) is 18.6 Å². The van der Waals surface area contributed by atoms with Gasteiger partial charge in [-0.05, 0) is 12.5 Å². The first-order chi connectivity index (χ1) is 11.0. The quantitative estimate of drug-likeness (QED) is 0.927. The lowest BCUT2D eigenvalue weighted by Gasteiger charge is -2.26. The molecule has 0 aliphatic heterocycles. The zero-order valence-electron chi connectivity index (χ0n) is 14.0. The van der Waals surface area contributed by atoms with Gasteiger partial charge < -0.3 is 5.32 Å². The molecule has 4 nitrogen and oxygen atoms in total. The molecule has 0 radical (unpaired) electrons. The lowest BCUT2D eigenvalue weighted by molar-refractivity contribution is -0.141. The molecule has 0 aliphatic carbocycles. The van der Waals surface area contributed by atoms with Crippen LogP contribution in [0.2, 0.25) is 0 Å². The standard InChI is InChI=1S/C17H20F3N3O/c1-11-6-5-7-12(8-11)16(2,3)10-21-15(24)13-9-23(4)22-14(13)17(18,19)20/h5-9H,10H2,1-4H3,(H,21,24). The van der Waals surface area contributed by atoms with Crippen LogP contribution in [-0.4, -0.2) is 22.2 Å². The van der Waals surface area contributed by atoms with Crippen molar-refractivity contribution in [3.63, 3.8) is 0 Å². The fourth-order valence-electron chi connectivity index (χ4n) is 2.43. The normalized spacial score (nSPS) is 12.3. The molecule has 1 amide bonds. The fourth-order valence-corrected chi connectivity index (χ4v) is 2.43. The summed E-state index contributed by atoms with van der Waals surface area (Å²) in [4.78, 5) is 12.2.